The summed E-state index contributed by atoms with van der Waals surface area (Å²) in [7, 11) is 0. The van der Waals surface area contributed by atoms with E-state index in [2.05, 4.69) is 28.3 Å². The first kappa shape index (κ1) is 16.8. The van der Waals surface area contributed by atoms with E-state index in [1.54, 1.807) is 4.90 Å². The largest absolute Gasteiger partial charge is 0.325 e. The molecule has 6 nitrogen and oxygen atoms in total. The van der Waals surface area contributed by atoms with Crippen molar-refractivity contribution in [3.05, 3.63) is 60.2 Å². The number of amides is 2. The molecule has 2 amide bonds. The predicted molar refractivity (Wildman–Crippen MR) is 101 cm³/mol. The monoisotopic (exact) mass is 350 g/mol. The van der Waals surface area contributed by atoms with Crippen LogP contribution in [0.5, 0.6) is 0 Å². The zero-order valence-electron chi connectivity index (χ0n) is 14.4. The first-order valence-corrected chi connectivity index (χ1v) is 8.98. The highest BCUT2D eigenvalue weighted by Crippen LogP contribution is 2.26. The van der Waals surface area contributed by atoms with Crippen LogP contribution in [-0.2, 0) is 9.59 Å². The van der Waals surface area contributed by atoms with Crippen LogP contribution in [0.15, 0.2) is 54.6 Å². The molecule has 3 N–H and O–H groups in total. The zero-order valence-corrected chi connectivity index (χ0v) is 14.4. The van der Waals surface area contributed by atoms with Gasteiger partial charge in [0.15, 0.2) is 0 Å². The van der Waals surface area contributed by atoms with Gasteiger partial charge in [0.25, 0.3) is 0 Å². The highest BCUT2D eigenvalue weighted by atomic mass is 16.2. The van der Waals surface area contributed by atoms with Crippen molar-refractivity contribution in [3.63, 3.8) is 0 Å². The third kappa shape index (κ3) is 3.47. The Labute approximate surface area is 152 Å². The third-order valence-corrected chi connectivity index (χ3v) is 4.92. The van der Waals surface area contributed by atoms with Crippen molar-refractivity contribution in [1.29, 1.82) is 0 Å². The molecule has 2 aliphatic heterocycles. The number of nitrogens with one attached hydrogen (secondary N) is 3. The average molecular weight is 350 g/mol. The van der Waals surface area contributed by atoms with E-state index in [9.17, 15) is 9.59 Å². The molecular weight excluding hydrogens is 328 g/mol. The summed E-state index contributed by atoms with van der Waals surface area (Å²) < 4.78 is 0. The van der Waals surface area contributed by atoms with E-state index >= 15 is 0 Å². The minimum Gasteiger partial charge on any atom is -0.325 e. The zero-order chi connectivity index (χ0) is 17.9. The van der Waals surface area contributed by atoms with Gasteiger partial charge in [-0.05, 0) is 36.6 Å². The highest BCUT2D eigenvalue weighted by Gasteiger charge is 2.30. The molecule has 6 heteroatoms. The molecule has 2 heterocycles. The number of carbonyl (C=O) groups is 2. The Hall–Kier alpha value is -2.70. The molecule has 2 aliphatic rings. The van der Waals surface area contributed by atoms with E-state index < -0.39 is 0 Å². The van der Waals surface area contributed by atoms with Crippen LogP contribution in [0.2, 0.25) is 0 Å². The summed E-state index contributed by atoms with van der Waals surface area (Å²) >= 11 is 0. The first-order chi connectivity index (χ1) is 12.7. The Balaban J connectivity index is 1.40. The molecule has 0 aliphatic carbocycles. The minimum absolute atomic E-state index is 0.0826. The molecule has 4 rings (SSSR count). The van der Waals surface area contributed by atoms with Crippen molar-refractivity contribution in [2.24, 2.45) is 0 Å². The molecule has 0 spiro atoms. The number of anilines is 2. The fourth-order valence-corrected chi connectivity index (χ4v) is 3.53. The Morgan fingerprint density at radius 3 is 2.69 bits per heavy atom. The molecule has 2 aromatic carbocycles. The molecule has 2 aromatic rings. The number of rotatable bonds is 4. The van der Waals surface area contributed by atoms with Gasteiger partial charge in [-0.3, -0.25) is 9.59 Å². The fraction of sp³-hybridized carbons (Fsp3) is 0.300. The topological polar surface area (TPSA) is 73.5 Å². The molecule has 134 valence electrons. The molecular formula is C20H22N4O2. The maximum absolute atomic E-state index is 12.6. The fourth-order valence-electron chi connectivity index (χ4n) is 3.53. The number of nitrogens with zero attached hydrogens (tertiary/aromatic N) is 1. The van der Waals surface area contributed by atoms with Crippen LogP contribution >= 0.6 is 0 Å². The van der Waals surface area contributed by atoms with Gasteiger partial charge in [-0.25, -0.2) is 10.9 Å². The number of hydrogen-bond donors (Lipinski definition) is 3. The number of hydrogen-bond acceptors (Lipinski definition) is 4. The van der Waals surface area contributed by atoms with Crippen molar-refractivity contribution in [3.8, 4) is 0 Å². The normalized spacial score (nSPS) is 22.6. The molecule has 2 atom stereocenters. The van der Waals surface area contributed by atoms with Gasteiger partial charge in [0.05, 0.1) is 0 Å². The molecule has 2 unspecified atom stereocenters. The quantitative estimate of drug-likeness (QED) is 0.791. The van der Waals surface area contributed by atoms with Gasteiger partial charge in [0.1, 0.15) is 6.04 Å². The maximum Gasteiger partial charge on any atom is 0.242 e. The second-order valence-electron chi connectivity index (χ2n) is 6.73. The van der Waals surface area contributed by atoms with Crippen LogP contribution in [0.4, 0.5) is 11.4 Å². The minimum atomic E-state index is -0.308. The van der Waals surface area contributed by atoms with Gasteiger partial charge in [0.2, 0.25) is 11.8 Å². The third-order valence-electron chi connectivity index (χ3n) is 4.92. The number of hydrazine groups is 1. The summed E-state index contributed by atoms with van der Waals surface area (Å²) in [4.78, 5) is 26.3. The van der Waals surface area contributed by atoms with Crippen LogP contribution in [-0.4, -0.2) is 24.4 Å². The summed E-state index contributed by atoms with van der Waals surface area (Å²) in [5.74, 6) is 0.0571. The van der Waals surface area contributed by atoms with E-state index in [1.807, 2.05) is 42.5 Å². The highest BCUT2D eigenvalue weighted by molar-refractivity contribution is 5.98. The Morgan fingerprint density at radius 2 is 1.92 bits per heavy atom. The van der Waals surface area contributed by atoms with E-state index in [1.165, 1.54) is 0 Å². The van der Waals surface area contributed by atoms with E-state index in [-0.39, 0.29) is 23.9 Å². The van der Waals surface area contributed by atoms with E-state index in [0.29, 0.717) is 18.5 Å². The van der Waals surface area contributed by atoms with Gasteiger partial charge in [-0.2, -0.15) is 0 Å². The Morgan fingerprint density at radius 1 is 1.08 bits per heavy atom. The molecule has 0 radical (unpaired) electrons. The lowest BCUT2D eigenvalue weighted by molar-refractivity contribution is -0.118. The molecule has 2 saturated heterocycles. The number of benzene rings is 2. The smallest absolute Gasteiger partial charge is 0.242 e. The first-order valence-electron chi connectivity index (χ1n) is 8.98. The van der Waals surface area contributed by atoms with E-state index in [0.717, 1.165) is 24.2 Å². The molecule has 0 bridgehead atoms. The van der Waals surface area contributed by atoms with Crippen LogP contribution in [0.1, 0.15) is 30.9 Å². The van der Waals surface area contributed by atoms with Crippen molar-refractivity contribution in [2.75, 3.05) is 16.8 Å². The van der Waals surface area contributed by atoms with Crippen molar-refractivity contribution in [1.82, 2.24) is 10.9 Å². The SMILES string of the molecule is O=C(Nc1cccc(N2CCCC2=O)c1)C1CC(c2ccccc2)NN1. The maximum atomic E-state index is 12.6. The molecule has 26 heavy (non-hydrogen) atoms. The molecule has 2 fully saturated rings. The summed E-state index contributed by atoms with van der Waals surface area (Å²) in [5.41, 5.74) is 8.96. The standard InChI is InChI=1S/C20H22N4O2/c25-19-10-5-11-24(19)16-9-4-8-15(12-16)21-20(26)18-13-17(22-23-18)14-6-2-1-3-7-14/h1-4,6-9,12,17-18,22-23H,5,10-11,13H2,(H,21,26). The average Bonchev–Trinajstić information content (AvgIpc) is 3.32. The van der Waals surface area contributed by atoms with Gasteiger partial charge in [0, 0.05) is 30.4 Å². The van der Waals surface area contributed by atoms with Gasteiger partial charge in [-0.15, -0.1) is 0 Å². The second-order valence-corrected chi connectivity index (χ2v) is 6.73. The van der Waals surface area contributed by atoms with Gasteiger partial charge < -0.3 is 10.2 Å². The van der Waals surface area contributed by atoms with Crippen molar-refractivity contribution in [2.45, 2.75) is 31.3 Å². The Kier molecular flexibility index (Phi) is 4.69. The lowest BCUT2D eigenvalue weighted by atomic mass is 10.0. The second kappa shape index (κ2) is 7.27. The van der Waals surface area contributed by atoms with Crippen LogP contribution < -0.4 is 21.1 Å². The summed E-state index contributed by atoms with van der Waals surface area (Å²) in [6.45, 7) is 0.739. The molecule has 0 aromatic heterocycles. The van der Waals surface area contributed by atoms with E-state index in [4.69, 9.17) is 0 Å². The van der Waals surface area contributed by atoms with Crippen LogP contribution in [0.3, 0.4) is 0 Å². The lowest BCUT2D eigenvalue weighted by Gasteiger charge is -2.17. The van der Waals surface area contributed by atoms with Gasteiger partial charge in [-0.1, -0.05) is 36.4 Å². The predicted octanol–water partition coefficient (Wildman–Crippen LogP) is 2.36. The summed E-state index contributed by atoms with van der Waals surface area (Å²) in [5, 5.41) is 2.96. The summed E-state index contributed by atoms with van der Waals surface area (Å²) in [6, 6.07) is 17.4. The number of carbonyl (C=O) groups excluding carboxylic acids is 2. The lowest BCUT2D eigenvalue weighted by Crippen LogP contribution is -2.39. The summed E-state index contributed by atoms with van der Waals surface area (Å²) in [6.07, 6.45) is 2.16. The molecule has 0 saturated carbocycles. The Bertz CT molecular complexity index is 808. The van der Waals surface area contributed by atoms with Crippen LogP contribution in [0, 0.1) is 0 Å². The van der Waals surface area contributed by atoms with Gasteiger partial charge >= 0.3 is 0 Å². The van der Waals surface area contributed by atoms with Crippen molar-refractivity contribution >= 4 is 23.2 Å². The van der Waals surface area contributed by atoms with Crippen molar-refractivity contribution < 1.29 is 9.59 Å². The van der Waals surface area contributed by atoms with Crippen LogP contribution in [0.25, 0.3) is 0 Å².